The Morgan fingerprint density at radius 2 is 2.04 bits per heavy atom. The summed E-state index contributed by atoms with van der Waals surface area (Å²) in [6, 6.07) is 7.28. The van der Waals surface area contributed by atoms with Gasteiger partial charge in [0.25, 0.3) is 5.56 Å². The van der Waals surface area contributed by atoms with Gasteiger partial charge < -0.3 is 5.73 Å². The molecule has 0 aliphatic heterocycles. The predicted octanol–water partition coefficient (Wildman–Crippen LogP) is 4.20. The van der Waals surface area contributed by atoms with E-state index < -0.39 is 0 Å². The molecule has 0 radical (unpaired) electrons. The zero-order chi connectivity index (χ0) is 17.0. The minimum atomic E-state index is -0.287. The second-order valence-corrected chi connectivity index (χ2v) is 6.37. The second kappa shape index (κ2) is 7.61. The zero-order valence-corrected chi connectivity index (χ0v) is 15.4. The average molecular weight is 440 g/mol. The van der Waals surface area contributed by atoms with E-state index in [9.17, 15) is 4.79 Å². The normalized spacial score (nSPS) is 11.9. The molecule has 0 unspecified atom stereocenters. The summed E-state index contributed by atoms with van der Waals surface area (Å²) in [5.41, 5.74) is 8.49. The second-order valence-electron chi connectivity index (χ2n) is 4.77. The summed E-state index contributed by atoms with van der Waals surface area (Å²) in [5, 5.41) is 7.22. The fourth-order valence-electron chi connectivity index (χ4n) is 2.16. The van der Waals surface area contributed by atoms with Crippen LogP contribution in [0.15, 0.2) is 57.6 Å². The van der Waals surface area contributed by atoms with Crippen molar-refractivity contribution >= 4 is 39.8 Å². The fourth-order valence-corrected chi connectivity index (χ4v) is 2.76. The van der Waals surface area contributed by atoms with Crippen LogP contribution in [0.4, 0.5) is 0 Å². The number of nitrogens with two attached hydrogens (primary N) is 1. The van der Waals surface area contributed by atoms with Gasteiger partial charge in [-0.1, -0.05) is 30.3 Å². The zero-order valence-electron chi connectivity index (χ0n) is 12.4. The summed E-state index contributed by atoms with van der Waals surface area (Å²) >= 11 is 8.07. The molecule has 0 atom stereocenters. The average Bonchev–Trinajstić information content (AvgIpc) is 2.54. The van der Waals surface area contributed by atoms with Crippen molar-refractivity contribution < 1.29 is 0 Å². The Hall–Kier alpha value is -1.86. The topological polar surface area (TPSA) is 71.8 Å². The molecule has 0 saturated heterocycles. The van der Waals surface area contributed by atoms with Gasteiger partial charge in [0.2, 0.25) is 0 Å². The number of aromatic nitrogens is 2. The van der Waals surface area contributed by atoms with Crippen LogP contribution in [0.2, 0.25) is 5.02 Å². The van der Waals surface area contributed by atoms with Crippen LogP contribution in [-0.4, -0.2) is 10.2 Å². The summed E-state index contributed by atoms with van der Waals surface area (Å²) in [4.78, 5) is 12.4. The number of hydrogen-bond acceptors (Lipinski definition) is 3. The van der Waals surface area contributed by atoms with Crippen molar-refractivity contribution in [1.82, 2.24) is 10.2 Å². The van der Waals surface area contributed by atoms with E-state index >= 15 is 0 Å². The van der Waals surface area contributed by atoms with E-state index in [1.54, 1.807) is 24.3 Å². The molecule has 0 spiro atoms. The molecule has 4 nitrogen and oxygen atoms in total. The molecular weight excluding hydrogens is 425 g/mol. The van der Waals surface area contributed by atoms with E-state index in [-0.39, 0.29) is 5.56 Å². The van der Waals surface area contributed by atoms with Gasteiger partial charge in [0.05, 0.1) is 11.3 Å². The van der Waals surface area contributed by atoms with Crippen molar-refractivity contribution in [3.63, 3.8) is 0 Å². The molecular formula is C17H15ClIN3O. The van der Waals surface area contributed by atoms with E-state index in [1.807, 2.05) is 19.1 Å². The standard InChI is InChI=1S/C17H15ClIN3O/c1-10(14(19)4-3-9-20)15-16(11(2)21-22-17(15)23)12-5-7-13(18)8-6-12/h3-9H,1,20H2,2H3,(H,22,23)/b9-3-,14-4+. The molecule has 1 aromatic carbocycles. The molecule has 0 bridgehead atoms. The largest absolute Gasteiger partial charge is 0.405 e. The SMILES string of the molecule is C=C(/C(I)=C\C=C/N)c1c(-c2ccc(Cl)cc2)c(C)n[nH]c1=O. The van der Waals surface area contributed by atoms with Crippen molar-refractivity contribution in [1.29, 1.82) is 0 Å². The lowest BCUT2D eigenvalue weighted by molar-refractivity contribution is 0.943. The van der Waals surface area contributed by atoms with Crippen molar-refractivity contribution in [3.8, 4) is 11.1 Å². The first-order valence-corrected chi connectivity index (χ1v) is 8.20. The Labute approximate surface area is 152 Å². The molecule has 1 heterocycles. The molecule has 0 aliphatic rings. The number of nitrogens with zero attached hydrogens (tertiary/aromatic N) is 1. The number of rotatable bonds is 4. The number of benzene rings is 1. The van der Waals surface area contributed by atoms with E-state index in [1.165, 1.54) is 6.20 Å². The number of halogens is 2. The minimum absolute atomic E-state index is 0.287. The van der Waals surface area contributed by atoms with Crippen LogP contribution in [0.1, 0.15) is 11.3 Å². The number of allylic oxidation sites excluding steroid dienone is 4. The molecule has 3 N–H and O–H groups in total. The Kier molecular flexibility index (Phi) is 5.79. The van der Waals surface area contributed by atoms with Gasteiger partial charge >= 0.3 is 0 Å². The number of aryl methyl sites for hydroxylation is 1. The minimum Gasteiger partial charge on any atom is -0.405 e. The lowest BCUT2D eigenvalue weighted by Crippen LogP contribution is -2.16. The van der Waals surface area contributed by atoms with Gasteiger partial charge in [0.1, 0.15) is 0 Å². The lowest BCUT2D eigenvalue weighted by atomic mass is 9.95. The molecule has 0 saturated carbocycles. The molecule has 118 valence electrons. The van der Waals surface area contributed by atoms with Crippen LogP contribution < -0.4 is 11.3 Å². The number of hydrogen-bond donors (Lipinski definition) is 2. The van der Waals surface area contributed by atoms with Crippen LogP contribution in [0.5, 0.6) is 0 Å². The first kappa shape index (κ1) is 17.5. The quantitative estimate of drug-likeness (QED) is 0.554. The third-order valence-electron chi connectivity index (χ3n) is 3.24. The third kappa shape index (κ3) is 3.92. The van der Waals surface area contributed by atoms with Crippen LogP contribution in [0.3, 0.4) is 0 Å². The Balaban J connectivity index is 2.69. The van der Waals surface area contributed by atoms with E-state index in [0.29, 0.717) is 21.9 Å². The summed E-state index contributed by atoms with van der Waals surface area (Å²) in [5.74, 6) is 0. The molecule has 2 aromatic rings. The van der Waals surface area contributed by atoms with Gasteiger partial charge in [0.15, 0.2) is 0 Å². The van der Waals surface area contributed by atoms with Gasteiger partial charge in [-0.15, -0.1) is 0 Å². The summed E-state index contributed by atoms with van der Waals surface area (Å²) in [7, 11) is 0. The first-order valence-electron chi connectivity index (χ1n) is 6.74. The van der Waals surface area contributed by atoms with Crippen molar-refractivity contribution in [3.05, 3.63) is 79.4 Å². The molecule has 0 fully saturated rings. The maximum absolute atomic E-state index is 12.4. The lowest BCUT2D eigenvalue weighted by Gasteiger charge is -2.13. The van der Waals surface area contributed by atoms with Crippen molar-refractivity contribution in [2.75, 3.05) is 0 Å². The summed E-state index contributed by atoms with van der Waals surface area (Å²) in [6.45, 7) is 5.90. The Bertz CT molecular complexity index is 851. The molecule has 6 heteroatoms. The van der Waals surface area contributed by atoms with Crippen LogP contribution in [0.25, 0.3) is 16.7 Å². The van der Waals surface area contributed by atoms with Crippen molar-refractivity contribution in [2.24, 2.45) is 5.73 Å². The predicted molar refractivity (Wildman–Crippen MR) is 105 cm³/mol. The van der Waals surface area contributed by atoms with Gasteiger partial charge in [-0.3, -0.25) is 4.79 Å². The smallest absolute Gasteiger partial charge is 0.272 e. The van der Waals surface area contributed by atoms with Crippen molar-refractivity contribution in [2.45, 2.75) is 6.92 Å². The highest BCUT2D eigenvalue weighted by Crippen LogP contribution is 2.33. The highest BCUT2D eigenvalue weighted by Gasteiger charge is 2.17. The van der Waals surface area contributed by atoms with E-state index in [4.69, 9.17) is 17.3 Å². The van der Waals surface area contributed by atoms with Crippen LogP contribution in [-0.2, 0) is 0 Å². The number of nitrogens with one attached hydrogen (secondary N) is 1. The fraction of sp³-hybridized carbons (Fsp3) is 0.0588. The van der Waals surface area contributed by atoms with Gasteiger partial charge in [-0.05, 0) is 71.1 Å². The van der Waals surface area contributed by atoms with Gasteiger partial charge in [0, 0.05) is 14.2 Å². The van der Waals surface area contributed by atoms with E-state index in [0.717, 1.165) is 14.7 Å². The molecule has 23 heavy (non-hydrogen) atoms. The molecule has 1 aromatic heterocycles. The highest BCUT2D eigenvalue weighted by atomic mass is 127. The summed E-state index contributed by atoms with van der Waals surface area (Å²) < 4.78 is 0.815. The monoisotopic (exact) mass is 439 g/mol. The van der Waals surface area contributed by atoms with Crippen LogP contribution >= 0.6 is 34.2 Å². The van der Waals surface area contributed by atoms with Crippen LogP contribution in [0, 0.1) is 6.92 Å². The maximum Gasteiger partial charge on any atom is 0.272 e. The highest BCUT2D eigenvalue weighted by molar-refractivity contribution is 14.1. The Morgan fingerprint density at radius 3 is 2.65 bits per heavy atom. The summed E-state index contributed by atoms with van der Waals surface area (Å²) in [6.07, 6.45) is 4.91. The number of H-pyrrole nitrogens is 1. The molecule has 0 aliphatic carbocycles. The molecule has 2 rings (SSSR count). The van der Waals surface area contributed by atoms with Gasteiger partial charge in [-0.2, -0.15) is 5.10 Å². The first-order chi connectivity index (χ1) is 11.0. The number of aromatic amines is 1. The molecule has 0 amide bonds. The van der Waals surface area contributed by atoms with Gasteiger partial charge in [-0.25, -0.2) is 5.10 Å². The Morgan fingerprint density at radius 1 is 1.39 bits per heavy atom. The third-order valence-corrected chi connectivity index (χ3v) is 4.50. The maximum atomic E-state index is 12.4. The van der Waals surface area contributed by atoms with E-state index in [2.05, 4.69) is 39.4 Å².